The van der Waals surface area contributed by atoms with Crippen molar-refractivity contribution in [2.45, 2.75) is 63.3 Å². The number of amides is 1. The van der Waals surface area contributed by atoms with Gasteiger partial charge in [0, 0.05) is 24.6 Å². The van der Waals surface area contributed by atoms with Crippen molar-refractivity contribution in [2.24, 2.45) is 0 Å². The molecule has 1 amide bonds. The van der Waals surface area contributed by atoms with E-state index >= 15 is 0 Å². The van der Waals surface area contributed by atoms with Gasteiger partial charge in [0.15, 0.2) is 0 Å². The zero-order valence-corrected chi connectivity index (χ0v) is 22.5. The molecule has 0 aromatic carbocycles. The van der Waals surface area contributed by atoms with E-state index in [0.717, 1.165) is 31.2 Å². The Morgan fingerprint density at radius 3 is 2.62 bits per heavy atom. The molecule has 4 aromatic heterocycles. The van der Waals surface area contributed by atoms with Crippen molar-refractivity contribution >= 4 is 17.1 Å². The summed E-state index contributed by atoms with van der Waals surface area (Å²) in [6.45, 7) is 2.41. The van der Waals surface area contributed by atoms with E-state index in [1.54, 1.807) is 10.6 Å². The molecule has 206 valence electrons. The van der Waals surface area contributed by atoms with Gasteiger partial charge in [-0.3, -0.25) is 14.8 Å². The van der Waals surface area contributed by atoms with Gasteiger partial charge < -0.3 is 15.7 Å². The summed E-state index contributed by atoms with van der Waals surface area (Å²) >= 11 is 0. The van der Waals surface area contributed by atoms with Gasteiger partial charge in [-0.25, -0.2) is 8.91 Å². The quantitative estimate of drug-likeness (QED) is 0.296. The highest BCUT2D eigenvalue weighted by Crippen LogP contribution is 2.35. The second kappa shape index (κ2) is 11.4. The molecule has 5 rings (SSSR count). The van der Waals surface area contributed by atoms with Crippen LogP contribution in [0.15, 0.2) is 61.2 Å². The Morgan fingerprint density at radius 1 is 1.18 bits per heavy atom. The van der Waals surface area contributed by atoms with Gasteiger partial charge in [-0.2, -0.15) is 10.4 Å². The molecular weight excluding hydrogens is 509 g/mol. The third-order valence-electron chi connectivity index (χ3n) is 7.51. The second-order valence-corrected chi connectivity index (χ2v) is 10.8. The van der Waals surface area contributed by atoms with Crippen molar-refractivity contribution in [3.05, 3.63) is 77.9 Å². The molecule has 0 spiro atoms. The Hall–Kier alpha value is -4.36. The fourth-order valence-electron chi connectivity index (χ4n) is 5.10. The average molecular weight is 542 g/mol. The number of hydrogen-bond acceptors (Lipinski definition) is 7. The van der Waals surface area contributed by atoms with Crippen LogP contribution < -0.4 is 10.6 Å². The molecule has 1 saturated carbocycles. The second-order valence-electron chi connectivity index (χ2n) is 10.8. The third-order valence-corrected chi connectivity index (χ3v) is 7.51. The van der Waals surface area contributed by atoms with E-state index < -0.39 is 17.7 Å². The highest BCUT2D eigenvalue weighted by molar-refractivity contribution is 6.00. The van der Waals surface area contributed by atoms with Gasteiger partial charge in [0.05, 0.1) is 52.1 Å². The molecule has 40 heavy (non-hydrogen) atoms. The van der Waals surface area contributed by atoms with Crippen LogP contribution in [-0.2, 0) is 0 Å². The zero-order chi connectivity index (χ0) is 28.3. The number of carbonyl (C=O) groups is 1. The SMILES string of the molecule is CC(C)(O)[C@H](F)CNC(=O)c1cnc(-c2ccc3cc(C#N)cnn23)cc1NC1CCC(c2ccncc2)CC1. The van der Waals surface area contributed by atoms with Crippen LogP contribution >= 0.6 is 0 Å². The van der Waals surface area contributed by atoms with E-state index in [4.69, 9.17) is 0 Å². The number of carbonyl (C=O) groups excluding carboxylic acids is 1. The van der Waals surface area contributed by atoms with Crippen molar-refractivity contribution in [3.8, 4) is 17.5 Å². The first-order chi connectivity index (χ1) is 19.2. The van der Waals surface area contributed by atoms with Crippen LogP contribution in [0.3, 0.4) is 0 Å². The first-order valence-electron chi connectivity index (χ1n) is 13.4. The Morgan fingerprint density at radius 2 is 1.93 bits per heavy atom. The lowest BCUT2D eigenvalue weighted by molar-refractivity contribution is -0.00177. The largest absolute Gasteiger partial charge is 0.387 e. The molecule has 1 atom stereocenters. The monoisotopic (exact) mass is 541 g/mol. The maximum Gasteiger partial charge on any atom is 0.255 e. The Balaban J connectivity index is 1.40. The number of halogens is 1. The molecule has 0 saturated heterocycles. The normalized spacial score (nSPS) is 18.2. The molecule has 3 N–H and O–H groups in total. The maximum absolute atomic E-state index is 14.4. The van der Waals surface area contributed by atoms with Crippen LogP contribution in [0.25, 0.3) is 16.9 Å². The van der Waals surface area contributed by atoms with E-state index in [1.165, 1.54) is 31.8 Å². The Kier molecular flexibility index (Phi) is 7.76. The van der Waals surface area contributed by atoms with Crippen molar-refractivity contribution < 1.29 is 14.3 Å². The van der Waals surface area contributed by atoms with Crippen molar-refractivity contribution in [2.75, 3.05) is 11.9 Å². The van der Waals surface area contributed by atoms with Gasteiger partial charge in [0.2, 0.25) is 0 Å². The van der Waals surface area contributed by atoms with Crippen LogP contribution in [0.4, 0.5) is 10.1 Å². The van der Waals surface area contributed by atoms with Gasteiger partial charge in [-0.05, 0) is 87.4 Å². The summed E-state index contributed by atoms with van der Waals surface area (Å²) in [4.78, 5) is 21.8. The number of alkyl halides is 1. The molecule has 1 aliphatic carbocycles. The molecule has 10 heteroatoms. The predicted octanol–water partition coefficient (Wildman–Crippen LogP) is 4.64. The van der Waals surface area contributed by atoms with Crippen LogP contribution in [0.2, 0.25) is 0 Å². The van der Waals surface area contributed by atoms with Gasteiger partial charge in [-0.15, -0.1) is 0 Å². The fraction of sp³-hybridized carbons (Fsp3) is 0.367. The number of nitrogens with one attached hydrogen (secondary N) is 2. The van der Waals surface area contributed by atoms with E-state index in [-0.39, 0.29) is 12.6 Å². The highest BCUT2D eigenvalue weighted by Gasteiger charge is 2.28. The summed E-state index contributed by atoms with van der Waals surface area (Å²) in [5, 5.41) is 29.7. The number of anilines is 1. The van der Waals surface area contributed by atoms with Crippen LogP contribution in [-0.4, -0.2) is 55.0 Å². The standard InChI is InChI=1S/C30H32FN7O2/c1-30(2,40)28(31)18-35-29(39)24-17-34-26(27-8-7-23-13-19(15-32)16-36-38(23)27)14-25(24)37-22-5-3-20(4-6-22)21-9-11-33-12-10-21/h7-14,16-17,20,22,28,40H,3-6,18H2,1-2H3,(H,34,37)(H,35,39)/t20?,22?,28-/m1/s1. The molecule has 4 aromatic rings. The minimum Gasteiger partial charge on any atom is -0.387 e. The van der Waals surface area contributed by atoms with Crippen LogP contribution in [0.5, 0.6) is 0 Å². The van der Waals surface area contributed by atoms with E-state index in [1.807, 2.05) is 30.6 Å². The lowest BCUT2D eigenvalue weighted by Gasteiger charge is -2.30. The Bertz CT molecular complexity index is 1530. The average Bonchev–Trinajstić information content (AvgIpc) is 3.39. The van der Waals surface area contributed by atoms with E-state index in [9.17, 15) is 19.6 Å². The third kappa shape index (κ3) is 5.95. The van der Waals surface area contributed by atoms with Crippen molar-refractivity contribution in [1.82, 2.24) is 24.9 Å². The maximum atomic E-state index is 14.4. The summed E-state index contributed by atoms with van der Waals surface area (Å²) in [6.07, 6.45) is 8.85. The number of aliphatic hydroxyl groups is 1. The number of fused-ring (bicyclic) bond motifs is 1. The number of aromatic nitrogens is 4. The highest BCUT2D eigenvalue weighted by atomic mass is 19.1. The van der Waals surface area contributed by atoms with Crippen molar-refractivity contribution in [3.63, 3.8) is 0 Å². The minimum atomic E-state index is -1.62. The molecule has 9 nitrogen and oxygen atoms in total. The Labute approximate surface area is 232 Å². The molecular formula is C30H32FN7O2. The van der Waals surface area contributed by atoms with E-state index in [2.05, 4.69) is 43.9 Å². The smallest absolute Gasteiger partial charge is 0.255 e. The fourth-order valence-corrected chi connectivity index (χ4v) is 5.10. The minimum absolute atomic E-state index is 0.144. The summed E-state index contributed by atoms with van der Waals surface area (Å²) in [6, 6.07) is 13.7. The van der Waals surface area contributed by atoms with Gasteiger partial charge in [-0.1, -0.05) is 0 Å². The number of hydrogen-bond donors (Lipinski definition) is 3. The molecule has 0 aliphatic heterocycles. The number of nitriles is 1. The molecule has 1 aliphatic rings. The predicted molar refractivity (Wildman–Crippen MR) is 150 cm³/mol. The lowest BCUT2D eigenvalue weighted by Crippen LogP contribution is -2.42. The first kappa shape index (κ1) is 27.2. The topological polar surface area (TPSA) is 128 Å². The molecule has 0 bridgehead atoms. The summed E-state index contributed by atoms with van der Waals surface area (Å²) in [7, 11) is 0. The van der Waals surface area contributed by atoms with Crippen LogP contribution in [0.1, 0.15) is 66.9 Å². The number of rotatable bonds is 8. The molecule has 0 unspecified atom stereocenters. The summed E-state index contributed by atoms with van der Waals surface area (Å²) < 4.78 is 16.1. The van der Waals surface area contributed by atoms with Crippen LogP contribution in [0, 0.1) is 11.3 Å². The molecule has 4 heterocycles. The van der Waals surface area contributed by atoms with E-state index in [0.29, 0.717) is 34.1 Å². The zero-order valence-electron chi connectivity index (χ0n) is 22.5. The molecule has 1 fully saturated rings. The molecule has 0 radical (unpaired) electrons. The van der Waals surface area contributed by atoms with Gasteiger partial charge in [0.25, 0.3) is 5.91 Å². The first-order valence-corrected chi connectivity index (χ1v) is 13.4. The number of nitrogens with zero attached hydrogens (tertiary/aromatic N) is 5. The summed E-state index contributed by atoms with van der Waals surface area (Å²) in [5.74, 6) is -0.00710. The van der Waals surface area contributed by atoms with Gasteiger partial charge >= 0.3 is 0 Å². The summed E-state index contributed by atoms with van der Waals surface area (Å²) in [5.41, 5.74) is 3.13. The lowest BCUT2D eigenvalue weighted by atomic mass is 9.82. The van der Waals surface area contributed by atoms with Crippen molar-refractivity contribution in [1.29, 1.82) is 5.26 Å². The van der Waals surface area contributed by atoms with Gasteiger partial charge in [0.1, 0.15) is 12.2 Å². The number of pyridine rings is 2.